The van der Waals surface area contributed by atoms with Crippen molar-refractivity contribution in [2.24, 2.45) is 5.92 Å². The third kappa shape index (κ3) is 10.0. The first kappa shape index (κ1) is 17.1. The average Bonchev–Trinajstić information content (AvgIpc) is 2.22. The molecule has 0 bridgehead atoms. The highest BCUT2D eigenvalue weighted by Crippen LogP contribution is 2.22. The SMILES string of the molecule is C.C.C1=CCCCC1.CC1CCCCC1. The molecule has 0 heteroatoms. The minimum atomic E-state index is 0. The Morgan fingerprint density at radius 3 is 1.40 bits per heavy atom. The van der Waals surface area contributed by atoms with Gasteiger partial charge in [-0.1, -0.05) is 66.0 Å². The lowest BCUT2D eigenvalue weighted by Crippen LogP contribution is -1.99. The largest absolute Gasteiger partial charge is 0.0885 e. The van der Waals surface area contributed by atoms with Crippen molar-refractivity contribution in [3.8, 4) is 0 Å². The van der Waals surface area contributed by atoms with Crippen LogP contribution in [0.1, 0.15) is 79.6 Å². The highest BCUT2D eigenvalue weighted by molar-refractivity contribution is 4.85. The lowest BCUT2D eigenvalue weighted by molar-refractivity contribution is 0.385. The monoisotopic (exact) mass is 212 g/mol. The lowest BCUT2D eigenvalue weighted by atomic mass is 9.91. The summed E-state index contributed by atoms with van der Waals surface area (Å²) in [6.07, 6.45) is 17.4. The number of allylic oxidation sites excluding steroid dienone is 2. The third-order valence-electron chi connectivity index (χ3n) is 3.05. The predicted octanol–water partition coefficient (Wildman–Crippen LogP) is 5.98. The second-order valence-corrected chi connectivity index (χ2v) is 4.50. The maximum Gasteiger partial charge on any atom is -0.0351 e. The molecule has 0 unspecified atom stereocenters. The van der Waals surface area contributed by atoms with Crippen molar-refractivity contribution in [1.82, 2.24) is 0 Å². The van der Waals surface area contributed by atoms with E-state index in [-0.39, 0.29) is 14.9 Å². The standard InChI is InChI=1S/C7H14.C6H10.2CH4/c1-7-5-3-2-4-6-7;1-2-4-6-5-3-1;;/h7H,2-6H2,1H3;1-2H,3-6H2;2*1H4. The molecule has 0 heterocycles. The van der Waals surface area contributed by atoms with Crippen LogP contribution in [0.5, 0.6) is 0 Å². The van der Waals surface area contributed by atoms with Crippen LogP contribution in [0, 0.1) is 5.92 Å². The summed E-state index contributed by atoms with van der Waals surface area (Å²) in [5.41, 5.74) is 0. The van der Waals surface area contributed by atoms with E-state index in [1.165, 1.54) is 57.8 Å². The molecule has 0 nitrogen and oxygen atoms in total. The van der Waals surface area contributed by atoms with E-state index in [2.05, 4.69) is 19.1 Å². The second-order valence-electron chi connectivity index (χ2n) is 4.50. The van der Waals surface area contributed by atoms with Crippen LogP contribution in [0.15, 0.2) is 12.2 Å². The smallest absolute Gasteiger partial charge is 0.0351 e. The summed E-state index contributed by atoms with van der Waals surface area (Å²) >= 11 is 0. The van der Waals surface area contributed by atoms with E-state index in [0.717, 1.165) is 5.92 Å². The van der Waals surface area contributed by atoms with Gasteiger partial charge in [-0.25, -0.2) is 0 Å². The molecule has 15 heavy (non-hydrogen) atoms. The fourth-order valence-electron chi connectivity index (χ4n) is 2.07. The minimum absolute atomic E-state index is 0. The predicted molar refractivity (Wildman–Crippen MR) is 73.3 cm³/mol. The summed E-state index contributed by atoms with van der Waals surface area (Å²) in [5.74, 6) is 1.04. The van der Waals surface area contributed by atoms with Crippen LogP contribution < -0.4 is 0 Å². The van der Waals surface area contributed by atoms with Crippen LogP contribution >= 0.6 is 0 Å². The Kier molecular flexibility index (Phi) is 13.5. The Balaban J connectivity index is 0. The van der Waals surface area contributed by atoms with Crippen molar-refractivity contribution in [2.45, 2.75) is 79.6 Å². The van der Waals surface area contributed by atoms with E-state index in [1.54, 1.807) is 0 Å². The summed E-state index contributed by atoms with van der Waals surface area (Å²) in [4.78, 5) is 0. The first-order valence-corrected chi connectivity index (χ1v) is 6.04. The molecule has 0 saturated heterocycles. The average molecular weight is 212 g/mol. The molecule has 2 aliphatic carbocycles. The lowest BCUT2D eigenvalue weighted by Gasteiger charge is -2.15. The first-order valence-electron chi connectivity index (χ1n) is 6.04. The van der Waals surface area contributed by atoms with Crippen LogP contribution in [0.2, 0.25) is 0 Å². The minimum Gasteiger partial charge on any atom is -0.0885 e. The molecule has 2 aliphatic rings. The molecule has 0 radical (unpaired) electrons. The molecule has 0 N–H and O–H groups in total. The number of rotatable bonds is 0. The van der Waals surface area contributed by atoms with Crippen LogP contribution in [0.4, 0.5) is 0 Å². The van der Waals surface area contributed by atoms with Gasteiger partial charge in [-0.05, 0) is 31.6 Å². The van der Waals surface area contributed by atoms with Crippen LogP contribution in [0.3, 0.4) is 0 Å². The molecule has 2 rings (SSSR count). The fourth-order valence-corrected chi connectivity index (χ4v) is 2.07. The van der Waals surface area contributed by atoms with Crippen LogP contribution in [-0.2, 0) is 0 Å². The van der Waals surface area contributed by atoms with Crippen molar-refractivity contribution in [3.05, 3.63) is 12.2 Å². The molecule has 1 fully saturated rings. The summed E-state index contributed by atoms with van der Waals surface area (Å²) in [5, 5.41) is 0. The van der Waals surface area contributed by atoms with Gasteiger partial charge in [-0.3, -0.25) is 0 Å². The fraction of sp³-hybridized carbons (Fsp3) is 0.867. The van der Waals surface area contributed by atoms with Crippen molar-refractivity contribution in [3.63, 3.8) is 0 Å². The third-order valence-corrected chi connectivity index (χ3v) is 3.05. The first-order chi connectivity index (χ1) is 6.39. The number of hydrogen-bond donors (Lipinski definition) is 0. The van der Waals surface area contributed by atoms with Gasteiger partial charge < -0.3 is 0 Å². The van der Waals surface area contributed by atoms with Crippen molar-refractivity contribution < 1.29 is 0 Å². The van der Waals surface area contributed by atoms with E-state index in [1.807, 2.05) is 0 Å². The molecule has 1 saturated carbocycles. The van der Waals surface area contributed by atoms with Crippen molar-refractivity contribution in [1.29, 1.82) is 0 Å². The summed E-state index contributed by atoms with van der Waals surface area (Å²) in [6.45, 7) is 2.36. The number of hydrogen-bond acceptors (Lipinski definition) is 0. The van der Waals surface area contributed by atoms with Gasteiger partial charge in [0.1, 0.15) is 0 Å². The van der Waals surface area contributed by atoms with Crippen LogP contribution in [0.25, 0.3) is 0 Å². The molecule has 0 amide bonds. The maximum absolute atomic E-state index is 2.36. The van der Waals surface area contributed by atoms with E-state index in [0.29, 0.717) is 0 Å². The van der Waals surface area contributed by atoms with Gasteiger partial charge in [-0.2, -0.15) is 0 Å². The molecule has 0 aliphatic heterocycles. The van der Waals surface area contributed by atoms with Gasteiger partial charge in [0.25, 0.3) is 0 Å². The quantitative estimate of drug-likeness (QED) is 0.434. The summed E-state index contributed by atoms with van der Waals surface area (Å²) in [6, 6.07) is 0. The van der Waals surface area contributed by atoms with Gasteiger partial charge in [0.15, 0.2) is 0 Å². The highest BCUT2D eigenvalue weighted by atomic mass is 14.1. The van der Waals surface area contributed by atoms with Crippen molar-refractivity contribution >= 4 is 0 Å². The van der Waals surface area contributed by atoms with E-state index >= 15 is 0 Å². The molecule has 92 valence electrons. The van der Waals surface area contributed by atoms with E-state index in [4.69, 9.17) is 0 Å². The molecule has 0 aromatic heterocycles. The molecular weight excluding hydrogens is 180 g/mol. The Labute approximate surface area is 98.2 Å². The van der Waals surface area contributed by atoms with Gasteiger partial charge in [0, 0.05) is 0 Å². The molecule has 0 atom stereocenters. The normalized spacial score (nSPS) is 20.3. The van der Waals surface area contributed by atoms with Gasteiger partial charge in [0.2, 0.25) is 0 Å². The summed E-state index contributed by atoms with van der Waals surface area (Å²) in [7, 11) is 0. The maximum atomic E-state index is 2.36. The van der Waals surface area contributed by atoms with E-state index < -0.39 is 0 Å². The van der Waals surface area contributed by atoms with Crippen molar-refractivity contribution in [2.75, 3.05) is 0 Å². The molecule has 0 aromatic carbocycles. The van der Waals surface area contributed by atoms with E-state index in [9.17, 15) is 0 Å². The highest BCUT2D eigenvalue weighted by Gasteiger charge is 2.05. The molecule has 0 aromatic rings. The zero-order chi connectivity index (χ0) is 9.36. The zero-order valence-electron chi connectivity index (χ0n) is 9.10. The summed E-state index contributed by atoms with van der Waals surface area (Å²) < 4.78 is 0. The topological polar surface area (TPSA) is 0 Å². The van der Waals surface area contributed by atoms with Crippen LogP contribution in [-0.4, -0.2) is 0 Å². The van der Waals surface area contributed by atoms with Gasteiger partial charge in [0.05, 0.1) is 0 Å². The van der Waals surface area contributed by atoms with Gasteiger partial charge >= 0.3 is 0 Å². The molecule has 0 spiro atoms. The Bertz CT molecular complexity index is 121. The second kappa shape index (κ2) is 11.8. The Morgan fingerprint density at radius 2 is 1.20 bits per heavy atom. The molecular formula is C15H32. The zero-order valence-corrected chi connectivity index (χ0v) is 9.10. The Hall–Kier alpha value is -0.260. The Morgan fingerprint density at radius 1 is 0.733 bits per heavy atom. The van der Waals surface area contributed by atoms with Gasteiger partial charge in [-0.15, -0.1) is 0 Å².